The van der Waals surface area contributed by atoms with Crippen LogP contribution in [-0.2, 0) is 6.54 Å². The van der Waals surface area contributed by atoms with Crippen molar-refractivity contribution in [2.24, 2.45) is 5.73 Å². The number of nitrogens with one attached hydrogen (secondary N) is 2. The number of hydrogen-bond donors (Lipinski definition) is 3. The number of thiazole rings is 1. The van der Waals surface area contributed by atoms with Crippen LogP contribution in [0.4, 0.5) is 15.6 Å². The fraction of sp³-hybridized carbons (Fsp3) is 0.0588. The van der Waals surface area contributed by atoms with Crippen molar-refractivity contribution in [2.75, 3.05) is 10.6 Å². The summed E-state index contributed by atoms with van der Waals surface area (Å²) in [7, 11) is 0. The molecule has 0 aliphatic rings. The lowest BCUT2D eigenvalue weighted by molar-refractivity contribution is 0.259. The Kier molecular flexibility index (Phi) is 4.54. The number of amides is 2. The molecule has 3 rings (SSSR count). The Hall–Kier alpha value is -2.86. The highest BCUT2D eigenvalue weighted by molar-refractivity contribution is 7.14. The molecule has 4 N–H and O–H groups in total. The molecule has 2 aromatic carbocycles. The van der Waals surface area contributed by atoms with Crippen molar-refractivity contribution in [1.82, 2.24) is 4.98 Å². The number of urea groups is 1. The largest absolute Gasteiger partial charge is 0.357 e. The van der Waals surface area contributed by atoms with Crippen molar-refractivity contribution in [1.29, 1.82) is 0 Å². The van der Waals surface area contributed by atoms with E-state index in [0.717, 1.165) is 22.0 Å². The monoisotopic (exact) mass is 324 g/mol. The van der Waals surface area contributed by atoms with E-state index in [0.29, 0.717) is 12.2 Å². The predicted molar refractivity (Wildman–Crippen MR) is 94.5 cm³/mol. The fourth-order valence-electron chi connectivity index (χ4n) is 2.12. The van der Waals surface area contributed by atoms with Crippen LogP contribution in [0.1, 0.15) is 5.56 Å². The summed E-state index contributed by atoms with van der Waals surface area (Å²) < 4.78 is 0. The fourth-order valence-corrected chi connectivity index (χ4v) is 2.84. The average molecular weight is 324 g/mol. The molecule has 1 heterocycles. The number of hydrogen-bond acceptors (Lipinski definition) is 4. The van der Waals surface area contributed by atoms with Crippen molar-refractivity contribution >= 4 is 28.2 Å². The van der Waals surface area contributed by atoms with Crippen molar-refractivity contribution in [3.05, 3.63) is 65.5 Å². The summed E-state index contributed by atoms with van der Waals surface area (Å²) in [5.74, 6) is 0. The molecule has 0 aliphatic carbocycles. The third-order valence-electron chi connectivity index (χ3n) is 3.24. The normalized spacial score (nSPS) is 10.3. The SMILES string of the molecule is NC(=O)Nc1ccc(CNc2nc(-c3ccccc3)cs2)cc1. The predicted octanol–water partition coefficient (Wildman–Crippen LogP) is 3.91. The Morgan fingerprint density at radius 3 is 2.52 bits per heavy atom. The third-order valence-corrected chi connectivity index (χ3v) is 4.04. The van der Waals surface area contributed by atoms with E-state index in [-0.39, 0.29) is 0 Å². The van der Waals surface area contributed by atoms with Gasteiger partial charge in [-0.15, -0.1) is 11.3 Å². The van der Waals surface area contributed by atoms with Crippen molar-refractivity contribution in [2.45, 2.75) is 6.54 Å². The summed E-state index contributed by atoms with van der Waals surface area (Å²) in [6.07, 6.45) is 0. The summed E-state index contributed by atoms with van der Waals surface area (Å²) in [6.45, 7) is 0.665. The molecule has 0 unspecified atom stereocenters. The first kappa shape index (κ1) is 15.1. The van der Waals surface area contributed by atoms with Crippen LogP contribution >= 0.6 is 11.3 Å². The van der Waals surface area contributed by atoms with Crippen LogP contribution in [-0.4, -0.2) is 11.0 Å². The lowest BCUT2D eigenvalue weighted by Gasteiger charge is -2.05. The first-order chi connectivity index (χ1) is 11.2. The maximum absolute atomic E-state index is 10.8. The third kappa shape index (κ3) is 4.08. The molecule has 6 heteroatoms. The number of benzene rings is 2. The quantitative estimate of drug-likeness (QED) is 0.665. The second-order valence-corrected chi connectivity index (χ2v) is 5.80. The lowest BCUT2D eigenvalue weighted by Crippen LogP contribution is -2.19. The van der Waals surface area contributed by atoms with Crippen LogP contribution in [0.3, 0.4) is 0 Å². The highest BCUT2D eigenvalue weighted by Crippen LogP contribution is 2.25. The van der Waals surface area contributed by atoms with Crippen LogP contribution in [0.2, 0.25) is 0 Å². The molecule has 23 heavy (non-hydrogen) atoms. The molecule has 116 valence electrons. The topological polar surface area (TPSA) is 80.0 Å². The molecule has 2 amide bonds. The molecule has 0 bridgehead atoms. The van der Waals surface area contributed by atoms with Gasteiger partial charge in [0, 0.05) is 23.2 Å². The van der Waals surface area contributed by atoms with Gasteiger partial charge in [-0.05, 0) is 17.7 Å². The molecule has 0 fully saturated rings. The van der Waals surface area contributed by atoms with Gasteiger partial charge in [0.2, 0.25) is 0 Å². The van der Waals surface area contributed by atoms with Gasteiger partial charge in [0.15, 0.2) is 5.13 Å². The second kappa shape index (κ2) is 6.93. The van der Waals surface area contributed by atoms with Gasteiger partial charge in [0.1, 0.15) is 0 Å². The van der Waals surface area contributed by atoms with Gasteiger partial charge in [0.25, 0.3) is 0 Å². The first-order valence-corrected chi connectivity index (χ1v) is 7.99. The molecule has 1 aromatic heterocycles. The highest BCUT2D eigenvalue weighted by Gasteiger charge is 2.04. The van der Waals surface area contributed by atoms with E-state index in [9.17, 15) is 4.79 Å². The Labute approximate surface area is 138 Å². The molecule has 0 aliphatic heterocycles. The zero-order valence-corrected chi connectivity index (χ0v) is 13.1. The summed E-state index contributed by atoms with van der Waals surface area (Å²) >= 11 is 1.58. The van der Waals surface area contributed by atoms with Crippen molar-refractivity contribution in [3.8, 4) is 11.3 Å². The van der Waals surface area contributed by atoms with E-state index in [1.807, 2.05) is 60.0 Å². The van der Waals surface area contributed by atoms with E-state index in [1.54, 1.807) is 11.3 Å². The molecule has 0 saturated carbocycles. The molecule has 0 spiro atoms. The Morgan fingerprint density at radius 1 is 1.09 bits per heavy atom. The molecule has 0 atom stereocenters. The number of carbonyl (C=O) groups excluding carboxylic acids is 1. The highest BCUT2D eigenvalue weighted by atomic mass is 32.1. The number of rotatable bonds is 5. The second-order valence-electron chi connectivity index (χ2n) is 4.94. The lowest BCUT2D eigenvalue weighted by atomic mass is 10.2. The molecule has 5 nitrogen and oxygen atoms in total. The van der Waals surface area contributed by atoms with Crippen molar-refractivity contribution < 1.29 is 4.79 Å². The van der Waals surface area contributed by atoms with Crippen LogP contribution in [0.15, 0.2) is 60.0 Å². The maximum Gasteiger partial charge on any atom is 0.316 e. The van der Waals surface area contributed by atoms with E-state index < -0.39 is 6.03 Å². The van der Waals surface area contributed by atoms with Crippen LogP contribution in [0.25, 0.3) is 11.3 Å². The van der Waals surface area contributed by atoms with Gasteiger partial charge in [0.05, 0.1) is 5.69 Å². The van der Waals surface area contributed by atoms with E-state index >= 15 is 0 Å². The zero-order valence-electron chi connectivity index (χ0n) is 12.3. The standard InChI is InChI=1S/C17H16N4OS/c18-16(22)20-14-8-6-12(7-9-14)10-19-17-21-15(11-23-17)13-4-2-1-3-5-13/h1-9,11H,10H2,(H,19,21)(H3,18,20,22). The smallest absolute Gasteiger partial charge is 0.316 e. The summed E-state index contributed by atoms with van der Waals surface area (Å²) in [4.78, 5) is 15.4. The average Bonchev–Trinajstić information content (AvgIpc) is 3.04. The minimum absolute atomic E-state index is 0.563. The number of nitrogens with two attached hydrogens (primary N) is 1. The van der Waals surface area contributed by atoms with Crippen LogP contribution in [0.5, 0.6) is 0 Å². The molecule has 0 radical (unpaired) electrons. The van der Waals surface area contributed by atoms with Gasteiger partial charge < -0.3 is 16.4 Å². The van der Waals surface area contributed by atoms with Gasteiger partial charge in [-0.2, -0.15) is 0 Å². The van der Waals surface area contributed by atoms with Gasteiger partial charge in [-0.25, -0.2) is 9.78 Å². The molecular weight excluding hydrogens is 308 g/mol. The summed E-state index contributed by atoms with van der Waals surface area (Å²) in [5, 5.41) is 8.76. The number of anilines is 2. The van der Waals surface area contributed by atoms with E-state index in [2.05, 4.69) is 15.6 Å². The molecule has 3 aromatic rings. The molecular formula is C17H16N4OS. The Bertz CT molecular complexity index is 784. The zero-order chi connectivity index (χ0) is 16.1. The van der Waals surface area contributed by atoms with Crippen LogP contribution < -0.4 is 16.4 Å². The van der Waals surface area contributed by atoms with Gasteiger partial charge in [-0.3, -0.25) is 0 Å². The van der Waals surface area contributed by atoms with E-state index in [4.69, 9.17) is 5.73 Å². The Morgan fingerprint density at radius 2 is 1.83 bits per heavy atom. The maximum atomic E-state index is 10.8. The van der Waals surface area contributed by atoms with E-state index in [1.165, 1.54) is 0 Å². The summed E-state index contributed by atoms with van der Waals surface area (Å²) in [6, 6.07) is 17.0. The van der Waals surface area contributed by atoms with Gasteiger partial charge in [-0.1, -0.05) is 42.5 Å². The first-order valence-electron chi connectivity index (χ1n) is 7.11. The van der Waals surface area contributed by atoms with Crippen molar-refractivity contribution in [3.63, 3.8) is 0 Å². The van der Waals surface area contributed by atoms with Crippen LogP contribution in [0, 0.1) is 0 Å². The number of carbonyl (C=O) groups is 1. The van der Waals surface area contributed by atoms with Gasteiger partial charge >= 0.3 is 6.03 Å². The summed E-state index contributed by atoms with van der Waals surface area (Å²) in [5.41, 5.74) is 8.94. The minimum Gasteiger partial charge on any atom is -0.357 e. The Balaban J connectivity index is 1.60. The minimum atomic E-state index is -0.563. The molecule has 0 saturated heterocycles. The number of aromatic nitrogens is 1. The number of nitrogens with zero attached hydrogens (tertiary/aromatic N) is 1. The number of primary amides is 1.